The maximum atomic E-state index is 6.15. The van der Waals surface area contributed by atoms with E-state index in [0.29, 0.717) is 0 Å². The highest BCUT2D eigenvalue weighted by molar-refractivity contribution is 4.80. The van der Waals surface area contributed by atoms with Crippen LogP contribution in [0, 0.1) is 5.92 Å². The molecule has 0 aliphatic carbocycles. The summed E-state index contributed by atoms with van der Waals surface area (Å²) in [4.78, 5) is 0. The van der Waals surface area contributed by atoms with Gasteiger partial charge in [-0.25, -0.2) is 0 Å². The van der Waals surface area contributed by atoms with Crippen molar-refractivity contribution in [3.05, 3.63) is 0 Å². The first kappa shape index (κ1) is 12.9. The van der Waals surface area contributed by atoms with Gasteiger partial charge in [-0.15, -0.1) is 0 Å². The minimum Gasteiger partial charge on any atom is -0.385 e. The lowest BCUT2D eigenvalue weighted by Gasteiger charge is -2.27. The van der Waals surface area contributed by atoms with E-state index in [1.54, 1.807) is 7.11 Å². The van der Waals surface area contributed by atoms with Gasteiger partial charge in [0.05, 0.1) is 0 Å². The van der Waals surface area contributed by atoms with Crippen LogP contribution in [0.1, 0.15) is 46.5 Å². The molecule has 0 heterocycles. The predicted octanol–water partition coefficient (Wildman–Crippen LogP) is 2.57. The number of ether oxygens (including phenoxy) is 1. The molecule has 0 saturated carbocycles. The van der Waals surface area contributed by atoms with Crippen LogP contribution in [0.2, 0.25) is 0 Å². The van der Waals surface area contributed by atoms with Crippen LogP contribution >= 0.6 is 0 Å². The monoisotopic (exact) mass is 187 g/mol. The van der Waals surface area contributed by atoms with Crippen molar-refractivity contribution in [3.8, 4) is 0 Å². The molecule has 0 aromatic carbocycles. The summed E-state index contributed by atoms with van der Waals surface area (Å²) >= 11 is 0. The number of nitrogens with two attached hydrogens (primary N) is 1. The normalized spacial score (nSPS) is 18.2. The van der Waals surface area contributed by atoms with Gasteiger partial charge in [0.1, 0.15) is 0 Å². The molecule has 0 spiro atoms. The molecule has 0 fully saturated rings. The van der Waals surface area contributed by atoms with Crippen LogP contribution in [-0.2, 0) is 4.74 Å². The topological polar surface area (TPSA) is 35.2 Å². The third-order valence-corrected chi connectivity index (χ3v) is 2.47. The third-order valence-electron chi connectivity index (χ3n) is 2.47. The highest BCUT2D eigenvalue weighted by Crippen LogP contribution is 2.20. The van der Waals surface area contributed by atoms with Crippen LogP contribution in [0.5, 0.6) is 0 Å². The first-order valence-electron chi connectivity index (χ1n) is 5.29. The molecule has 2 N–H and O–H groups in total. The van der Waals surface area contributed by atoms with Gasteiger partial charge in [0.25, 0.3) is 0 Å². The Kier molecular flexibility index (Phi) is 6.35. The maximum Gasteiger partial charge on any atom is 0.0479 e. The Bertz CT molecular complexity index is 123. The van der Waals surface area contributed by atoms with Gasteiger partial charge in [-0.2, -0.15) is 0 Å². The van der Waals surface area contributed by atoms with Gasteiger partial charge >= 0.3 is 0 Å². The highest BCUT2D eigenvalue weighted by Gasteiger charge is 2.20. The molecular formula is C11H25NO. The molecule has 0 rings (SSSR count). The van der Waals surface area contributed by atoms with Crippen molar-refractivity contribution in [2.24, 2.45) is 11.7 Å². The van der Waals surface area contributed by atoms with Crippen molar-refractivity contribution in [1.82, 2.24) is 0 Å². The van der Waals surface area contributed by atoms with Crippen molar-refractivity contribution in [3.63, 3.8) is 0 Å². The number of hydrogen-bond acceptors (Lipinski definition) is 2. The molecule has 0 amide bonds. The quantitative estimate of drug-likeness (QED) is 0.665. The van der Waals surface area contributed by atoms with E-state index in [-0.39, 0.29) is 5.54 Å². The number of rotatable bonds is 7. The summed E-state index contributed by atoms with van der Waals surface area (Å²) in [5.74, 6) is 0.733. The summed E-state index contributed by atoms with van der Waals surface area (Å²) in [7, 11) is 1.73. The molecule has 80 valence electrons. The number of methoxy groups -OCH3 is 1. The average Bonchev–Trinajstić information content (AvgIpc) is 2.00. The largest absolute Gasteiger partial charge is 0.385 e. The van der Waals surface area contributed by atoms with E-state index >= 15 is 0 Å². The van der Waals surface area contributed by atoms with E-state index in [1.807, 2.05) is 0 Å². The molecule has 2 atom stereocenters. The summed E-state index contributed by atoms with van der Waals surface area (Å²) in [6.45, 7) is 7.39. The second-order valence-corrected chi connectivity index (χ2v) is 4.49. The van der Waals surface area contributed by atoms with Crippen LogP contribution in [0.25, 0.3) is 0 Å². The molecule has 2 nitrogen and oxygen atoms in total. The highest BCUT2D eigenvalue weighted by atomic mass is 16.5. The Morgan fingerprint density at radius 1 is 1.46 bits per heavy atom. The van der Waals surface area contributed by atoms with E-state index < -0.39 is 0 Å². The van der Waals surface area contributed by atoms with E-state index in [4.69, 9.17) is 10.5 Å². The molecule has 0 bridgehead atoms. The minimum absolute atomic E-state index is 0.0510. The Morgan fingerprint density at radius 3 is 2.54 bits per heavy atom. The Labute approximate surface area is 82.8 Å². The molecule has 0 aliphatic heterocycles. The molecule has 13 heavy (non-hydrogen) atoms. The smallest absolute Gasteiger partial charge is 0.0479 e. The predicted molar refractivity (Wildman–Crippen MR) is 57.8 cm³/mol. The minimum atomic E-state index is -0.0510. The zero-order valence-electron chi connectivity index (χ0n) is 9.60. The van der Waals surface area contributed by atoms with Crippen molar-refractivity contribution in [2.75, 3.05) is 13.7 Å². The summed E-state index contributed by atoms with van der Waals surface area (Å²) in [5.41, 5.74) is 6.10. The Hall–Kier alpha value is -0.0800. The zero-order valence-corrected chi connectivity index (χ0v) is 9.60. The molecule has 2 unspecified atom stereocenters. The average molecular weight is 187 g/mol. The second kappa shape index (κ2) is 6.39. The Balaban J connectivity index is 3.71. The fraction of sp³-hybridized carbons (Fsp3) is 1.00. The lowest BCUT2D eigenvalue weighted by atomic mass is 9.86. The van der Waals surface area contributed by atoms with Gasteiger partial charge in [0.15, 0.2) is 0 Å². The van der Waals surface area contributed by atoms with Gasteiger partial charge in [0.2, 0.25) is 0 Å². The fourth-order valence-electron chi connectivity index (χ4n) is 1.83. The van der Waals surface area contributed by atoms with Gasteiger partial charge in [0, 0.05) is 19.3 Å². The summed E-state index contributed by atoms with van der Waals surface area (Å²) in [6.07, 6.45) is 4.59. The van der Waals surface area contributed by atoms with E-state index in [0.717, 1.165) is 25.4 Å². The van der Waals surface area contributed by atoms with Crippen LogP contribution in [0.4, 0.5) is 0 Å². The van der Waals surface area contributed by atoms with E-state index in [2.05, 4.69) is 20.8 Å². The molecule has 2 heteroatoms. The van der Waals surface area contributed by atoms with E-state index in [1.165, 1.54) is 12.8 Å². The van der Waals surface area contributed by atoms with Gasteiger partial charge < -0.3 is 10.5 Å². The lowest BCUT2D eigenvalue weighted by molar-refractivity contribution is 0.163. The van der Waals surface area contributed by atoms with Crippen LogP contribution < -0.4 is 5.73 Å². The first-order valence-corrected chi connectivity index (χ1v) is 5.29. The summed E-state index contributed by atoms with van der Waals surface area (Å²) in [6, 6.07) is 0. The second-order valence-electron chi connectivity index (χ2n) is 4.49. The SMILES string of the molecule is CCCC(C)CC(C)(N)CCOC. The van der Waals surface area contributed by atoms with Crippen LogP contribution in [0.3, 0.4) is 0 Å². The third kappa shape index (κ3) is 7.03. The molecule has 0 radical (unpaired) electrons. The van der Waals surface area contributed by atoms with Crippen molar-refractivity contribution in [2.45, 2.75) is 52.0 Å². The maximum absolute atomic E-state index is 6.15. The molecule has 0 aromatic rings. The van der Waals surface area contributed by atoms with Gasteiger partial charge in [-0.3, -0.25) is 0 Å². The van der Waals surface area contributed by atoms with Gasteiger partial charge in [-0.05, 0) is 25.7 Å². The van der Waals surface area contributed by atoms with Gasteiger partial charge in [-0.1, -0.05) is 26.7 Å². The molecule has 0 aliphatic rings. The van der Waals surface area contributed by atoms with Crippen LogP contribution in [0.15, 0.2) is 0 Å². The van der Waals surface area contributed by atoms with Crippen LogP contribution in [-0.4, -0.2) is 19.3 Å². The molecular weight excluding hydrogens is 162 g/mol. The number of hydrogen-bond donors (Lipinski definition) is 1. The molecule has 0 saturated heterocycles. The Morgan fingerprint density at radius 2 is 2.08 bits per heavy atom. The summed E-state index contributed by atoms with van der Waals surface area (Å²) < 4.78 is 5.04. The standard InChI is InChI=1S/C11H25NO/c1-5-6-10(2)9-11(3,12)7-8-13-4/h10H,5-9,12H2,1-4H3. The fourth-order valence-corrected chi connectivity index (χ4v) is 1.83. The first-order chi connectivity index (χ1) is 6.02. The van der Waals surface area contributed by atoms with E-state index in [9.17, 15) is 0 Å². The summed E-state index contributed by atoms with van der Waals surface area (Å²) in [5, 5.41) is 0. The molecule has 0 aromatic heterocycles. The lowest BCUT2D eigenvalue weighted by Crippen LogP contribution is -2.39. The zero-order chi connectivity index (χ0) is 10.3. The van der Waals surface area contributed by atoms with Crippen molar-refractivity contribution < 1.29 is 4.74 Å². The van der Waals surface area contributed by atoms with Crippen molar-refractivity contribution >= 4 is 0 Å². The van der Waals surface area contributed by atoms with Crippen molar-refractivity contribution in [1.29, 1.82) is 0 Å².